The second-order valence-electron chi connectivity index (χ2n) is 3.42. The molecule has 2 rings (SSSR count). The molecule has 4 heteroatoms. The average Bonchev–Trinajstić information content (AvgIpc) is 2.83. The third-order valence-corrected chi connectivity index (χ3v) is 2.23. The van der Waals surface area contributed by atoms with Gasteiger partial charge in [-0.15, -0.1) is 0 Å². The Morgan fingerprint density at radius 2 is 2.12 bits per heavy atom. The maximum Gasteiger partial charge on any atom is 0.153 e. The van der Waals surface area contributed by atoms with Crippen molar-refractivity contribution in [2.45, 2.75) is 13.0 Å². The van der Waals surface area contributed by atoms with Crippen LogP contribution in [-0.2, 0) is 0 Å². The van der Waals surface area contributed by atoms with E-state index >= 15 is 0 Å². The summed E-state index contributed by atoms with van der Waals surface area (Å²) in [5.41, 5.74) is 0.637. The molecule has 0 radical (unpaired) electrons. The zero-order valence-corrected chi connectivity index (χ0v) is 8.88. The van der Waals surface area contributed by atoms with Gasteiger partial charge in [0.1, 0.15) is 17.9 Å². The summed E-state index contributed by atoms with van der Waals surface area (Å²) in [6.07, 6.45) is 4.10. The molecule has 0 aliphatic heterocycles. The molecule has 0 spiro atoms. The highest BCUT2D eigenvalue weighted by Crippen LogP contribution is 2.19. The Hall–Kier alpha value is -2.10. The molecule has 0 saturated heterocycles. The highest BCUT2D eigenvalue weighted by molar-refractivity contribution is 5.74. The quantitative estimate of drug-likeness (QED) is 0.798. The standard InChI is InChI=1S/C12H12N2O2/c1-9(12-13-6-7-14-12)16-11-4-2-10(8-15)3-5-11/h2-9H,1H3,(H,13,14). The number of aromatic amines is 1. The molecule has 1 aromatic heterocycles. The van der Waals surface area contributed by atoms with Gasteiger partial charge in [-0.2, -0.15) is 0 Å². The van der Waals surface area contributed by atoms with Crippen molar-refractivity contribution in [3.63, 3.8) is 0 Å². The highest BCUT2D eigenvalue weighted by Gasteiger charge is 2.08. The van der Waals surface area contributed by atoms with Crippen molar-refractivity contribution in [1.82, 2.24) is 9.97 Å². The summed E-state index contributed by atoms with van der Waals surface area (Å²) < 4.78 is 5.65. The molecule has 0 amide bonds. The average molecular weight is 216 g/mol. The fraction of sp³-hybridized carbons (Fsp3) is 0.167. The van der Waals surface area contributed by atoms with Crippen molar-refractivity contribution in [3.8, 4) is 5.75 Å². The first-order valence-electron chi connectivity index (χ1n) is 5.01. The van der Waals surface area contributed by atoms with Gasteiger partial charge >= 0.3 is 0 Å². The minimum absolute atomic E-state index is 0.142. The predicted octanol–water partition coefficient (Wildman–Crippen LogP) is 2.36. The van der Waals surface area contributed by atoms with Gasteiger partial charge in [-0.05, 0) is 31.2 Å². The number of ether oxygens (including phenoxy) is 1. The van der Waals surface area contributed by atoms with Crippen LogP contribution in [0.4, 0.5) is 0 Å². The molecule has 1 unspecified atom stereocenters. The number of benzene rings is 1. The largest absolute Gasteiger partial charge is 0.483 e. The monoisotopic (exact) mass is 216 g/mol. The van der Waals surface area contributed by atoms with E-state index in [1.807, 2.05) is 6.92 Å². The summed E-state index contributed by atoms with van der Waals surface area (Å²) in [7, 11) is 0. The Labute approximate surface area is 93.3 Å². The van der Waals surface area contributed by atoms with E-state index in [0.717, 1.165) is 17.9 Å². The first-order valence-corrected chi connectivity index (χ1v) is 5.01. The van der Waals surface area contributed by atoms with Crippen LogP contribution in [0, 0.1) is 0 Å². The lowest BCUT2D eigenvalue weighted by Gasteiger charge is -2.12. The van der Waals surface area contributed by atoms with Gasteiger partial charge in [0.25, 0.3) is 0 Å². The lowest BCUT2D eigenvalue weighted by Crippen LogP contribution is -2.04. The molecule has 1 aromatic carbocycles. The zero-order chi connectivity index (χ0) is 11.4. The molecule has 0 saturated carbocycles. The SMILES string of the molecule is CC(Oc1ccc(C=O)cc1)c1ncc[nH]1. The number of aromatic nitrogens is 2. The fourth-order valence-electron chi connectivity index (χ4n) is 1.38. The maximum atomic E-state index is 10.5. The lowest BCUT2D eigenvalue weighted by molar-refractivity contribution is 0.112. The molecule has 0 bridgehead atoms. The third-order valence-electron chi connectivity index (χ3n) is 2.23. The minimum atomic E-state index is -0.142. The molecule has 1 heterocycles. The molecular weight excluding hydrogens is 204 g/mol. The van der Waals surface area contributed by atoms with E-state index in [1.165, 1.54) is 0 Å². The van der Waals surface area contributed by atoms with Crippen molar-refractivity contribution in [1.29, 1.82) is 0 Å². The Morgan fingerprint density at radius 3 is 2.69 bits per heavy atom. The van der Waals surface area contributed by atoms with Crippen molar-refractivity contribution in [2.75, 3.05) is 0 Å². The lowest BCUT2D eigenvalue weighted by atomic mass is 10.2. The molecule has 0 aliphatic carbocycles. The number of hydrogen-bond donors (Lipinski definition) is 1. The van der Waals surface area contributed by atoms with Gasteiger partial charge in [-0.3, -0.25) is 4.79 Å². The van der Waals surface area contributed by atoms with Crippen LogP contribution in [0.2, 0.25) is 0 Å². The van der Waals surface area contributed by atoms with E-state index in [1.54, 1.807) is 36.7 Å². The van der Waals surface area contributed by atoms with Gasteiger partial charge in [0.05, 0.1) is 0 Å². The van der Waals surface area contributed by atoms with Gasteiger partial charge in [0.2, 0.25) is 0 Å². The van der Waals surface area contributed by atoms with Crippen LogP contribution in [0.25, 0.3) is 0 Å². The number of carbonyl (C=O) groups is 1. The van der Waals surface area contributed by atoms with Crippen LogP contribution >= 0.6 is 0 Å². The molecule has 2 aromatic rings. The normalized spacial score (nSPS) is 12.1. The molecule has 4 nitrogen and oxygen atoms in total. The first-order chi connectivity index (χ1) is 7.79. The summed E-state index contributed by atoms with van der Waals surface area (Å²) in [5.74, 6) is 1.49. The summed E-state index contributed by atoms with van der Waals surface area (Å²) in [6.45, 7) is 1.91. The van der Waals surface area contributed by atoms with Gasteiger partial charge in [-0.25, -0.2) is 4.98 Å². The second-order valence-corrected chi connectivity index (χ2v) is 3.42. The Kier molecular flexibility index (Phi) is 3.00. The van der Waals surface area contributed by atoms with E-state index in [0.29, 0.717) is 5.56 Å². The number of rotatable bonds is 4. The third kappa shape index (κ3) is 2.28. The van der Waals surface area contributed by atoms with Gasteiger partial charge < -0.3 is 9.72 Å². The van der Waals surface area contributed by atoms with Crippen LogP contribution < -0.4 is 4.74 Å². The number of nitrogens with one attached hydrogen (secondary N) is 1. The van der Waals surface area contributed by atoms with Crippen molar-refractivity contribution < 1.29 is 9.53 Å². The summed E-state index contributed by atoms with van der Waals surface area (Å²) in [4.78, 5) is 17.6. The fourth-order valence-corrected chi connectivity index (χ4v) is 1.38. The van der Waals surface area contributed by atoms with Gasteiger partial charge in [-0.1, -0.05) is 0 Å². The van der Waals surface area contributed by atoms with Gasteiger partial charge in [0.15, 0.2) is 6.10 Å². The minimum Gasteiger partial charge on any atom is -0.483 e. The van der Waals surface area contributed by atoms with E-state index in [2.05, 4.69) is 9.97 Å². The zero-order valence-electron chi connectivity index (χ0n) is 8.88. The maximum absolute atomic E-state index is 10.5. The molecular formula is C12H12N2O2. The molecule has 82 valence electrons. The van der Waals surface area contributed by atoms with Gasteiger partial charge in [0, 0.05) is 18.0 Å². The Morgan fingerprint density at radius 1 is 1.38 bits per heavy atom. The van der Waals surface area contributed by atoms with Crippen molar-refractivity contribution >= 4 is 6.29 Å². The van der Waals surface area contributed by atoms with Crippen LogP contribution in [0.15, 0.2) is 36.7 Å². The smallest absolute Gasteiger partial charge is 0.153 e. The molecule has 1 atom stereocenters. The number of hydrogen-bond acceptors (Lipinski definition) is 3. The first kappa shape index (κ1) is 10.4. The molecule has 1 N–H and O–H groups in total. The predicted molar refractivity (Wildman–Crippen MR) is 59.5 cm³/mol. The summed E-state index contributed by atoms with van der Waals surface area (Å²) in [6, 6.07) is 6.97. The van der Waals surface area contributed by atoms with Crippen molar-refractivity contribution in [3.05, 3.63) is 48.0 Å². The van der Waals surface area contributed by atoms with E-state index in [9.17, 15) is 4.79 Å². The Balaban J connectivity index is 2.06. The van der Waals surface area contributed by atoms with Crippen LogP contribution in [0.5, 0.6) is 5.75 Å². The number of imidazole rings is 1. The van der Waals surface area contributed by atoms with E-state index in [-0.39, 0.29) is 6.10 Å². The topological polar surface area (TPSA) is 55.0 Å². The second kappa shape index (κ2) is 4.61. The molecule has 0 fully saturated rings. The van der Waals surface area contributed by atoms with E-state index in [4.69, 9.17) is 4.74 Å². The molecule has 16 heavy (non-hydrogen) atoms. The summed E-state index contributed by atoms with van der Waals surface area (Å²) in [5, 5.41) is 0. The van der Waals surface area contributed by atoms with Crippen LogP contribution in [-0.4, -0.2) is 16.3 Å². The van der Waals surface area contributed by atoms with E-state index < -0.39 is 0 Å². The number of H-pyrrole nitrogens is 1. The Bertz CT molecular complexity index is 448. The number of carbonyl (C=O) groups excluding carboxylic acids is 1. The van der Waals surface area contributed by atoms with Crippen molar-refractivity contribution in [2.24, 2.45) is 0 Å². The number of aldehydes is 1. The van der Waals surface area contributed by atoms with Crippen LogP contribution in [0.1, 0.15) is 29.2 Å². The van der Waals surface area contributed by atoms with Crippen LogP contribution in [0.3, 0.4) is 0 Å². The summed E-state index contributed by atoms with van der Waals surface area (Å²) >= 11 is 0. The number of nitrogens with zero attached hydrogens (tertiary/aromatic N) is 1. The highest BCUT2D eigenvalue weighted by atomic mass is 16.5. The molecule has 0 aliphatic rings.